The van der Waals surface area contributed by atoms with Crippen molar-refractivity contribution in [3.8, 4) is 5.75 Å². The first-order valence-corrected chi connectivity index (χ1v) is 9.23. The van der Waals surface area contributed by atoms with Crippen LogP contribution < -0.4 is 15.8 Å². The van der Waals surface area contributed by atoms with Gasteiger partial charge in [0.05, 0.1) is 0 Å². The number of aromatic amines is 1. The Bertz CT molecular complexity index is 950. The Morgan fingerprint density at radius 1 is 1.37 bits per heavy atom. The van der Waals surface area contributed by atoms with Crippen molar-refractivity contribution in [2.45, 2.75) is 31.6 Å². The topological polar surface area (TPSA) is 99.6 Å². The molecule has 0 saturated carbocycles. The highest BCUT2D eigenvalue weighted by atomic mass is 31.1. The number of H-pyrrole nitrogens is 1. The molecule has 27 heavy (non-hydrogen) atoms. The van der Waals surface area contributed by atoms with Gasteiger partial charge >= 0.3 is 13.9 Å². The van der Waals surface area contributed by atoms with Gasteiger partial charge in [0.25, 0.3) is 11.4 Å². The molecular formula is C16H17F2N2O6P. The molecule has 11 heteroatoms. The third-order valence-corrected chi connectivity index (χ3v) is 4.78. The van der Waals surface area contributed by atoms with Crippen molar-refractivity contribution < 1.29 is 27.1 Å². The van der Waals surface area contributed by atoms with Crippen molar-refractivity contribution in [3.63, 3.8) is 0 Å². The van der Waals surface area contributed by atoms with Gasteiger partial charge in [0.15, 0.2) is 6.17 Å². The second-order valence-electron chi connectivity index (χ2n) is 5.99. The van der Waals surface area contributed by atoms with Gasteiger partial charge in [0, 0.05) is 18.2 Å². The van der Waals surface area contributed by atoms with Gasteiger partial charge in [0.1, 0.15) is 18.6 Å². The number of aryl methyl sites for hydroxylation is 1. The van der Waals surface area contributed by atoms with Crippen molar-refractivity contribution in [1.82, 2.24) is 9.55 Å². The van der Waals surface area contributed by atoms with Crippen molar-refractivity contribution in [2.24, 2.45) is 0 Å². The van der Waals surface area contributed by atoms with E-state index in [1.54, 1.807) is 18.2 Å². The third-order valence-electron chi connectivity index (χ3n) is 4.00. The van der Waals surface area contributed by atoms with E-state index in [1.165, 1.54) is 19.1 Å². The molecular weight excluding hydrogens is 385 g/mol. The highest BCUT2D eigenvalue weighted by Gasteiger charge is 2.52. The first-order valence-electron chi connectivity index (χ1n) is 8.01. The number of aromatic nitrogens is 2. The quantitative estimate of drug-likeness (QED) is 0.744. The molecule has 1 aliphatic heterocycles. The molecule has 1 saturated heterocycles. The molecule has 1 aliphatic rings. The average molecular weight is 402 g/mol. The van der Waals surface area contributed by atoms with E-state index < -0.39 is 50.8 Å². The standard InChI is InChI=1S/C16H17F2N2O6P/c1-10-8-20(15(22)19-14(10)21)13-7-12(17)16(18,25-13)9-24-27(23)26-11-5-3-2-4-6-11/h2-6,8,12-13,27H,7,9H2,1H3,(H,19,21,22)/t12-,13+,16+/m0/s1. The number of hydrogen-bond acceptors (Lipinski definition) is 6. The minimum Gasteiger partial charge on any atom is -0.426 e. The van der Waals surface area contributed by atoms with Crippen LogP contribution in [0.25, 0.3) is 0 Å². The summed E-state index contributed by atoms with van der Waals surface area (Å²) in [7, 11) is -3.14. The zero-order valence-corrected chi connectivity index (χ0v) is 15.2. The van der Waals surface area contributed by atoms with Gasteiger partial charge in [0.2, 0.25) is 0 Å². The molecule has 1 N–H and O–H groups in total. The fraction of sp³-hybridized carbons (Fsp3) is 0.375. The van der Waals surface area contributed by atoms with Gasteiger partial charge in [-0.1, -0.05) is 18.2 Å². The maximum Gasteiger partial charge on any atom is 0.368 e. The predicted octanol–water partition coefficient (Wildman–Crippen LogP) is 2.25. The molecule has 3 rings (SSSR count). The van der Waals surface area contributed by atoms with Crippen LogP contribution in [0.1, 0.15) is 18.2 Å². The Morgan fingerprint density at radius 2 is 2.07 bits per heavy atom. The molecule has 2 aromatic rings. The van der Waals surface area contributed by atoms with Crippen LogP contribution in [0.4, 0.5) is 8.78 Å². The number of halogens is 2. The van der Waals surface area contributed by atoms with Gasteiger partial charge in [-0.15, -0.1) is 0 Å². The lowest BCUT2D eigenvalue weighted by Gasteiger charge is -2.22. The van der Waals surface area contributed by atoms with E-state index in [2.05, 4.69) is 0 Å². The smallest absolute Gasteiger partial charge is 0.368 e. The summed E-state index contributed by atoms with van der Waals surface area (Å²) in [5.41, 5.74) is -1.27. The summed E-state index contributed by atoms with van der Waals surface area (Å²) in [5, 5.41) is 0. The van der Waals surface area contributed by atoms with Crippen LogP contribution >= 0.6 is 8.25 Å². The van der Waals surface area contributed by atoms with Crippen LogP contribution in [0.3, 0.4) is 0 Å². The van der Waals surface area contributed by atoms with Crippen molar-refractivity contribution in [1.29, 1.82) is 0 Å². The number of nitrogens with zero attached hydrogens (tertiary/aromatic N) is 1. The number of para-hydroxylation sites is 1. The summed E-state index contributed by atoms with van der Waals surface area (Å²) in [6.45, 7) is 0.460. The zero-order valence-electron chi connectivity index (χ0n) is 14.2. The van der Waals surface area contributed by atoms with Gasteiger partial charge in [-0.05, 0) is 19.1 Å². The number of alkyl halides is 2. The Labute approximate surface area is 152 Å². The predicted molar refractivity (Wildman–Crippen MR) is 91.6 cm³/mol. The average Bonchev–Trinajstić information content (AvgIpc) is 2.92. The molecule has 4 atom stereocenters. The lowest BCUT2D eigenvalue weighted by atomic mass is 10.2. The molecule has 0 amide bonds. The Kier molecular flexibility index (Phi) is 5.59. The van der Waals surface area contributed by atoms with Gasteiger partial charge in [-0.2, -0.15) is 0 Å². The van der Waals surface area contributed by atoms with E-state index in [1.807, 2.05) is 4.98 Å². The molecule has 1 aromatic heterocycles. The molecule has 8 nitrogen and oxygen atoms in total. The van der Waals surface area contributed by atoms with Crippen LogP contribution in [-0.4, -0.2) is 28.2 Å². The Balaban J connectivity index is 1.66. The fourth-order valence-corrected chi connectivity index (χ4v) is 3.27. The normalized spacial score (nSPS) is 26.0. The van der Waals surface area contributed by atoms with Crippen LogP contribution in [0.5, 0.6) is 5.75 Å². The molecule has 1 unspecified atom stereocenters. The first-order chi connectivity index (χ1) is 12.8. The van der Waals surface area contributed by atoms with E-state index in [4.69, 9.17) is 13.8 Å². The largest absolute Gasteiger partial charge is 0.426 e. The fourth-order valence-electron chi connectivity index (χ4n) is 2.57. The van der Waals surface area contributed by atoms with E-state index in [0.29, 0.717) is 0 Å². The minimum absolute atomic E-state index is 0.183. The maximum atomic E-state index is 14.8. The number of benzene rings is 1. The second-order valence-corrected chi connectivity index (χ2v) is 6.99. The van der Waals surface area contributed by atoms with Crippen LogP contribution in [-0.2, 0) is 13.8 Å². The van der Waals surface area contributed by atoms with E-state index in [9.17, 15) is 22.9 Å². The maximum absolute atomic E-state index is 14.8. The highest BCUT2D eigenvalue weighted by Crippen LogP contribution is 2.41. The van der Waals surface area contributed by atoms with E-state index >= 15 is 0 Å². The molecule has 2 heterocycles. The first kappa shape index (κ1) is 19.5. The molecule has 146 valence electrons. The number of hydrogen-bond donors (Lipinski definition) is 1. The lowest BCUT2D eigenvalue weighted by Crippen LogP contribution is -2.37. The minimum atomic E-state index is -3.14. The Hall–Kier alpha value is -2.29. The summed E-state index contributed by atoms with van der Waals surface area (Å²) < 4.78 is 56.5. The molecule has 1 aromatic carbocycles. The van der Waals surface area contributed by atoms with Crippen molar-refractivity contribution in [3.05, 3.63) is 62.9 Å². The lowest BCUT2D eigenvalue weighted by molar-refractivity contribution is -0.191. The van der Waals surface area contributed by atoms with Crippen LogP contribution in [0.2, 0.25) is 0 Å². The third kappa shape index (κ3) is 4.35. The van der Waals surface area contributed by atoms with Gasteiger partial charge in [-0.3, -0.25) is 18.9 Å². The summed E-state index contributed by atoms with van der Waals surface area (Å²) in [6, 6.07) is 8.08. The van der Waals surface area contributed by atoms with E-state index in [-0.39, 0.29) is 11.3 Å². The summed E-state index contributed by atoms with van der Waals surface area (Å²) in [6.07, 6.45) is -2.74. The molecule has 0 bridgehead atoms. The van der Waals surface area contributed by atoms with Gasteiger partial charge < -0.3 is 9.26 Å². The van der Waals surface area contributed by atoms with Crippen molar-refractivity contribution in [2.75, 3.05) is 6.61 Å². The monoisotopic (exact) mass is 402 g/mol. The summed E-state index contributed by atoms with van der Waals surface area (Å²) >= 11 is 0. The SMILES string of the molecule is Cc1cn([C@H]2C[C@H](F)[C@@](F)(CO[PH](=O)Oc3ccccc3)O2)c(=O)[nH]c1=O. The molecule has 0 aliphatic carbocycles. The highest BCUT2D eigenvalue weighted by molar-refractivity contribution is 7.33. The number of rotatable bonds is 6. The molecule has 0 radical (unpaired) electrons. The van der Waals surface area contributed by atoms with Gasteiger partial charge in [-0.25, -0.2) is 18.1 Å². The van der Waals surface area contributed by atoms with E-state index in [0.717, 1.165) is 10.8 Å². The van der Waals surface area contributed by atoms with Crippen molar-refractivity contribution >= 4 is 8.25 Å². The number of nitrogens with one attached hydrogen (secondary N) is 1. The molecule has 1 fully saturated rings. The summed E-state index contributed by atoms with van der Waals surface area (Å²) in [4.78, 5) is 25.3. The number of ether oxygens (including phenoxy) is 1. The zero-order chi connectivity index (χ0) is 19.6. The summed E-state index contributed by atoms with van der Waals surface area (Å²) in [5.74, 6) is -2.65. The van der Waals surface area contributed by atoms with Crippen LogP contribution in [0, 0.1) is 6.92 Å². The van der Waals surface area contributed by atoms with Crippen LogP contribution in [0.15, 0.2) is 46.1 Å². The second kappa shape index (κ2) is 7.75. The molecule has 0 spiro atoms. The Morgan fingerprint density at radius 3 is 2.78 bits per heavy atom.